The number of aromatic nitrogens is 2. The predicted molar refractivity (Wildman–Crippen MR) is 103 cm³/mol. The first-order valence-electron chi connectivity index (χ1n) is 8.30. The van der Waals surface area contributed by atoms with Crippen LogP contribution in [-0.2, 0) is 0 Å². The van der Waals surface area contributed by atoms with Crippen LogP contribution < -0.4 is 14.9 Å². The number of aromatic amines is 1. The van der Waals surface area contributed by atoms with Crippen LogP contribution in [0.3, 0.4) is 0 Å². The Kier molecular flexibility index (Phi) is 5.51. The van der Waals surface area contributed by atoms with Gasteiger partial charge in [0.25, 0.3) is 5.91 Å². The molecule has 0 bridgehead atoms. The van der Waals surface area contributed by atoms with Crippen molar-refractivity contribution in [3.63, 3.8) is 0 Å². The minimum absolute atomic E-state index is 0.364. The molecule has 3 rings (SSSR count). The first kappa shape index (κ1) is 18.2. The highest BCUT2D eigenvalue weighted by atomic mass is 16.5. The Hall–Kier alpha value is -3.61. The molecule has 7 nitrogen and oxygen atoms in total. The summed E-state index contributed by atoms with van der Waals surface area (Å²) in [7, 11) is 3.15. The Morgan fingerprint density at radius 1 is 1.15 bits per heavy atom. The monoisotopic (exact) mass is 364 g/mol. The molecule has 0 saturated heterocycles. The van der Waals surface area contributed by atoms with Crippen molar-refractivity contribution in [1.29, 1.82) is 0 Å². The Morgan fingerprint density at radius 2 is 1.93 bits per heavy atom. The summed E-state index contributed by atoms with van der Waals surface area (Å²) in [6.07, 6.45) is 1.50. The number of rotatable bonds is 6. The second-order valence-electron chi connectivity index (χ2n) is 5.75. The van der Waals surface area contributed by atoms with Gasteiger partial charge in [-0.1, -0.05) is 30.3 Å². The van der Waals surface area contributed by atoms with Gasteiger partial charge in [0.05, 0.1) is 26.1 Å². The van der Waals surface area contributed by atoms with Gasteiger partial charge in [-0.15, -0.1) is 0 Å². The third-order valence-corrected chi connectivity index (χ3v) is 4.09. The van der Waals surface area contributed by atoms with E-state index in [0.717, 1.165) is 16.8 Å². The van der Waals surface area contributed by atoms with Crippen LogP contribution in [0.2, 0.25) is 0 Å². The van der Waals surface area contributed by atoms with Gasteiger partial charge in [0, 0.05) is 16.7 Å². The van der Waals surface area contributed by atoms with Crippen molar-refractivity contribution >= 4 is 12.1 Å². The largest absolute Gasteiger partial charge is 0.497 e. The molecule has 0 spiro atoms. The molecule has 0 aliphatic heterocycles. The summed E-state index contributed by atoms with van der Waals surface area (Å²) in [5.74, 6) is 0.915. The van der Waals surface area contributed by atoms with Gasteiger partial charge in [-0.25, -0.2) is 5.43 Å². The molecule has 7 heteroatoms. The van der Waals surface area contributed by atoms with Crippen molar-refractivity contribution in [3.05, 3.63) is 65.4 Å². The van der Waals surface area contributed by atoms with Crippen LogP contribution in [0.5, 0.6) is 11.5 Å². The van der Waals surface area contributed by atoms with Crippen LogP contribution in [0.4, 0.5) is 0 Å². The van der Waals surface area contributed by atoms with E-state index in [1.54, 1.807) is 32.4 Å². The van der Waals surface area contributed by atoms with E-state index < -0.39 is 0 Å². The Morgan fingerprint density at radius 3 is 2.63 bits per heavy atom. The van der Waals surface area contributed by atoms with Gasteiger partial charge in [-0.3, -0.25) is 9.89 Å². The number of amides is 1. The number of nitrogens with one attached hydrogen (secondary N) is 2. The molecule has 2 N–H and O–H groups in total. The third-order valence-electron chi connectivity index (χ3n) is 4.09. The molecule has 0 radical (unpaired) electrons. The summed E-state index contributed by atoms with van der Waals surface area (Å²) in [6, 6.07) is 15.0. The summed E-state index contributed by atoms with van der Waals surface area (Å²) >= 11 is 0. The first-order valence-corrected chi connectivity index (χ1v) is 8.30. The number of methoxy groups -OCH3 is 2. The molecule has 1 aromatic heterocycles. The number of H-pyrrole nitrogens is 1. The van der Waals surface area contributed by atoms with Gasteiger partial charge in [0.2, 0.25) is 0 Å². The van der Waals surface area contributed by atoms with Gasteiger partial charge in [0.1, 0.15) is 17.2 Å². The summed E-state index contributed by atoms with van der Waals surface area (Å²) < 4.78 is 10.5. The molecular weight excluding hydrogens is 344 g/mol. The smallest absolute Gasteiger partial charge is 0.289 e. The van der Waals surface area contributed by atoms with E-state index in [9.17, 15) is 4.79 Å². The highest BCUT2D eigenvalue weighted by Gasteiger charge is 2.16. The number of hydrazone groups is 1. The van der Waals surface area contributed by atoms with Crippen molar-refractivity contribution < 1.29 is 14.3 Å². The lowest BCUT2D eigenvalue weighted by Gasteiger charge is -2.06. The molecule has 138 valence electrons. The summed E-state index contributed by atoms with van der Waals surface area (Å²) in [6.45, 7) is 1.84. The molecule has 3 aromatic rings. The molecule has 0 fully saturated rings. The molecule has 0 aliphatic rings. The third kappa shape index (κ3) is 3.98. The number of ether oxygens (including phenoxy) is 2. The zero-order chi connectivity index (χ0) is 19.2. The quantitative estimate of drug-likeness (QED) is 0.519. The maximum Gasteiger partial charge on any atom is 0.289 e. The normalized spacial score (nSPS) is 10.8. The fourth-order valence-electron chi connectivity index (χ4n) is 2.65. The summed E-state index contributed by atoms with van der Waals surface area (Å²) in [4.78, 5) is 12.4. The number of hydrogen-bond donors (Lipinski definition) is 2. The van der Waals surface area contributed by atoms with Gasteiger partial charge in [-0.05, 0) is 25.1 Å². The van der Waals surface area contributed by atoms with Crippen molar-refractivity contribution in [2.24, 2.45) is 5.10 Å². The maximum atomic E-state index is 12.4. The molecule has 0 aliphatic carbocycles. The van der Waals surface area contributed by atoms with Crippen LogP contribution in [0.1, 0.15) is 21.6 Å². The minimum atomic E-state index is -0.375. The van der Waals surface area contributed by atoms with Crippen LogP contribution in [0, 0.1) is 6.92 Å². The maximum absolute atomic E-state index is 12.4. The first-order chi connectivity index (χ1) is 13.1. The van der Waals surface area contributed by atoms with Gasteiger partial charge in [-0.2, -0.15) is 10.2 Å². The molecule has 2 aromatic carbocycles. The zero-order valence-corrected chi connectivity index (χ0v) is 15.3. The van der Waals surface area contributed by atoms with Crippen molar-refractivity contribution in [2.75, 3.05) is 14.2 Å². The van der Waals surface area contributed by atoms with Gasteiger partial charge < -0.3 is 9.47 Å². The Bertz CT molecular complexity index is 965. The second-order valence-corrected chi connectivity index (χ2v) is 5.75. The highest BCUT2D eigenvalue weighted by Crippen LogP contribution is 2.23. The van der Waals surface area contributed by atoms with E-state index in [1.165, 1.54) is 6.21 Å². The lowest BCUT2D eigenvalue weighted by Crippen LogP contribution is -2.19. The Labute approximate surface area is 157 Å². The van der Waals surface area contributed by atoms with Gasteiger partial charge in [0.15, 0.2) is 0 Å². The van der Waals surface area contributed by atoms with E-state index in [4.69, 9.17) is 9.47 Å². The van der Waals surface area contributed by atoms with Crippen molar-refractivity contribution in [1.82, 2.24) is 15.6 Å². The standard InChI is InChI=1S/C20H20N4O3/c1-13-18(14-7-5-4-6-8-14)22-23-19(13)20(25)24-21-12-15-11-16(26-2)9-10-17(15)27-3/h4-12H,1-3H3,(H,22,23)(H,24,25). The van der Waals surface area contributed by atoms with Crippen LogP contribution in [0.25, 0.3) is 11.3 Å². The predicted octanol–water partition coefficient (Wildman–Crippen LogP) is 3.17. The molecule has 0 atom stereocenters. The van der Waals surface area contributed by atoms with E-state index in [2.05, 4.69) is 20.7 Å². The van der Waals surface area contributed by atoms with Crippen LogP contribution in [0.15, 0.2) is 53.6 Å². The Balaban J connectivity index is 1.75. The fraction of sp³-hybridized carbons (Fsp3) is 0.150. The molecule has 0 unspecified atom stereocenters. The average Bonchev–Trinajstić information content (AvgIpc) is 3.10. The zero-order valence-electron chi connectivity index (χ0n) is 15.3. The van der Waals surface area contributed by atoms with E-state index in [0.29, 0.717) is 22.8 Å². The van der Waals surface area contributed by atoms with Gasteiger partial charge >= 0.3 is 0 Å². The number of carbonyl (C=O) groups is 1. The molecule has 1 heterocycles. The van der Waals surface area contributed by atoms with E-state index >= 15 is 0 Å². The van der Waals surface area contributed by atoms with Crippen LogP contribution in [-0.4, -0.2) is 36.5 Å². The number of carbonyl (C=O) groups excluding carboxylic acids is 1. The number of benzene rings is 2. The lowest BCUT2D eigenvalue weighted by molar-refractivity contribution is 0.0949. The fourth-order valence-corrected chi connectivity index (χ4v) is 2.65. The lowest BCUT2D eigenvalue weighted by atomic mass is 10.1. The highest BCUT2D eigenvalue weighted by molar-refractivity contribution is 5.96. The SMILES string of the molecule is COc1ccc(OC)c(C=NNC(=O)c2[nH]nc(-c3ccccc3)c2C)c1. The van der Waals surface area contributed by atoms with Crippen molar-refractivity contribution in [2.45, 2.75) is 6.92 Å². The van der Waals surface area contributed by atoms with Crippen LogP contribution >= 0.6 is 0 Å². The minimum Gasteiger partial charge on any atom is -0.497 e. The average molecular weight is 364 g/mol. The summed E-state index contributed by atoms with van der Waals surface area (Å²) in [5.41, 5.74) is 5.99. The van der Waals surface area contributed by atoms with E-state index in [-0.39, 0.29) is 5.91 Å². The molecule has 1 amide bonds. The van der Waals surface area contributed by atoms with E-state index in [1.807, 2.05) is 37.3 Å². The molecule has 27 heavy (non-hydrogen) atoms. The topological polar surface area (TPSA) is 88.6 Å². The number of nitrogens with zero attached hydrogens (tertiary/aromatic N) is 2. The summed E-state index contributed by atoms with van der Waals surface area (Å²) in [5, 5.41) is 11.0. The molecular formula is C20H20N4O3. The number of hydrogen-bond acceptors (Lipinski definition) is 5. The molecule has 0 saturated carbocycles. The van der Waals surface area contributed by atoms with Crippen molar-refractivity contribution in [3.8, 4) is 22.8 Å². The second kappa shape index (κ2) is 8.18.